The Kier molecular flexibility index (Phi) is 4.82. The Morgan fingerprint density at radius 1 is 0.870 bits per heavy atom. The molecule has 124 valence electrons. The molecule has 3 aliphatic rings. The summed E-state index contributed by atoms with van der Waals surface area (Å²) in [6.07, 6.45) is 12.1. The van der Waals surface area contributed by atoms with Crippen LogP contribution in [0.3, 0.4) is 0 Å². The minimum Gasteiger partial charge on any atom is -0.300 e. The van der Waals surface area contributed by atoms with Crippen molar-refractivity contribution in [2.24, 2.45) is 0 Å². The number of hydrogen-bond donors (Lipinski definition) is 0. The van der Waals surface area contributed by atoms with Crippen molar-refractivity contribution in [2.75, 3.05) is 26.2 Å². The van der Waals surface area contributed by atoms with Crippen LogP contribution < -0.4 is 0 Å². The first kappa shape index (κ1) is 15.4. The van der Waals surface area contributed by atoms with E-state index < -0.39 is 0 Å². The SMILES string of the molecule is C(=C1CCN(C2CCC2)CC1)c1ccc(CN2CCCC2)cc1. The monoisotopic (exact) mass is 310 g/mol. The van der Waals surface area contributed by atoms with E-state index in [2.05, 4.69) is 40.1 Å². The molecule has 2 heterocycles. The molecule has 0 spiro atoms. The van der Waals surface area contributed by atoms with Crippen molar-refractivity contribution in [2.45, 2.75) is 57.5 Å². The Morgan fingerprint density at radius 2 is 1.57 bits per heavy atom. The fourth-order valence-corrected chi connectivity index (χ4v) is 4.23. The van der Waals surface area contributed by atoms with Gasteiger partial charge in [0, 0.05) is 25.7 Å². The summed E-state index contributed by atoms with van der Waals surface area (Å²) >= 11 is 0. The zero-order valence-corrected chi connectivity index (χ0v) is 14.3. The molecular weight excluding hydrogens is 280 g/mol. The molecule has 0 aromatic heterocycles. The zero-order chi connectivity index (χ0) is 15.5. The van der Waals surface area contributed by atoms with Crippen LogP contribution in [0.25, 0.3) is 6.08 Å². The Balaban J connectivity index is 1.31. The van der Waals surface area contributed by atoms with E-state index in [1.54, 1.807) is 5.57 Å². The molecule has 0 unspecified atom stereocenters. The Bertz CT molecular complexity index is 525. The van der Waals surface area contributed by atoms with E-state index in [4.69, 9.17) is 0 Å². The summed E-state index contributed by atoms with van der Waals surface area (Å²) in [4.78, 5) is 5.30. The van der Waals surface area contributed by atoms with Crippen LogP contribution in [-0.2, 0) is 6.54 Å². The van der Waals surface area contributed by atoms with Gasteiger partial charge in [-0.3, -0.25) is 9.80 Å². The minimum absolute atomic E-state index is 0.918. The number of nitrogens with zero attached hydrogens (tertiary/aromatic N) is 2. The molecule has 0 radical (unpaired) electrons. The van der Waals surface area contributed by atoms with Crippen molar-refractivity contribution >= 4 is 6.08 Å². The maximum Gasteiger partial charge on any atom is 0.0233 e. The highest BCUT2D eigenvalue weighted by atomic mass is 15.2. The standard InChI is InChI=1S/C21H30N2/c1-2-13-22(12-1)17-20-8-6-18(7-9-20)16-19-10-14-23(15-11-19)21-4-3-5-21/h6-9,16,21H,1-5,10-15,17H2. The van der Waals surface area contributed by atoms with Gasteiger partial charge in [0.15, 0.2) is 0 Å². The summed E-state index contributed by atoms with van der Waals surface area (Å²) in [6, 6.07) is 10.2. The van der Waals surface area contributed by atoms with Crippen LogP contribution in [0.5, 0.6) is 0 Å². The molecule has 2 saturated heterocycles. The molecule has 23 heavy (non-hydrogen) atoms. The van der Waals surface area contributed by atoms with Crippen LogP contribution in [0, 0.1) is 0 Å². The van der Waals surface area contributed by atoms with Gasteiger partial charge in [-0.05, 0) is 62.7 Å². The first-order valence-corrected chi connectivity index (χ1v) is 9.62. The third-order valence-electron chi connectivity index (χ3n) is 5.99. The van der Waals surface area contributed by atoms with E-state index in [9.17, 15) is 0 Å². The predicted molar refractivity (Wildman–Crippen MR) is 97.4 cm³/mol. The molecule has 0 bridgehead atoms. The van der Waals surface area contributed by atoms with E-state index in [1.165, 1.54) is 82.3 Å². The second-order valence-corrected chi connectivity index (χ2v) is 7.65. The zero-order valence-electron chi connectivity index (χ0n) is 14.3. The average molecular weight is 310 g/mol. The molecule has 0 atom stereocenters. The molecule has 2 aliphatic heterocycles. The summed E-state index contributed by atoms with van der Waals surface area (Å²) in [5.41, 5.74) is 4.50. The fraction of sp³-hybridized carbons (Fsp3) is 0.619. The van der Waals surface area contributed by atoms with Gasteiger partial charge in [0.1, 0.15) is 0 Å². The maximum absolute atomic E-state index is 2.72. The largest absolute Gasteiger partial charge is 0.300 e. The van der Waals surface area contributed by atoms with E-state index in [1.807, 2.05) is 0 Å². The summed E-state index contributed by atoms with van der Waals surface area (Å²) < 4.78 is 0. The Labute approximate surface area is 141 Å². The maximum atomic E-state index is 2.72. The molecule has 2 heteroatoms. The van der Waals surface area contributed by atoms with Crippen molar-refractivity contribution in [1.82, 2.24) is 9.80 Å². The van der Waals surface area contributed by atoms with Gasteiger partial charge >= 0.3 is 0 Å². The van der Waals surface area contributed by atoms with Gasteiger partial charge in [0.25, 0.3) is 0 Å². The van der Waals surface area contributed by atoms with Crippen molar-refractivity contribution in [3.63, 3.8) is 0 Å². The van der Waals surface area contributed by atoms with Crippen molar-refractivity contribution in [3.05, 3.63) is 41.0 Å². The van der Waals surface area contributed by atoms with Gasteiger partial charge in [0.2, 0.25) is 0 Å². The third kappa shape index (κ3) is 3.87. The van der Waals surface area contributed by atoms with Crippen LogP contribution in [0.4, 0.5) is 0 Å². The van der Waals surface area contributed by atoms with Crippen LogP contribution in [0.1, 0.15) is 56.1 Å². The fourth-order valence-electron chi connectivity index (χ4n) is 4.23. The molecule has 4 rings (SSSR count). The molecule has 3 fully saturated rings. The number of benzene rings is 1. The number of hydrogen-bond acceptors (Lipinski definition) is 2. The van der Waals surface area contributed by atoms with E-state index in [0.717, 1.165) is 12.6 Å². The summed E-state index contributed by atoms with van der Waals surface area (Å²) in [6.45, 7) is 6.26. The van der Waals surface area contributed by atoms with Crippen LogP contribution in [-0.4, -0.2) is 42.0 Å². The van der Waals surface area contributed by atoms with Gasteiger partial charge in [-0.25, -0.2) is 0 Å². The van der Waals surface area contributed by atoms with E-state index >= 15 is 0 Å². The smallest absolute Gasteiger partial charge is 0.0233 e. The Morgan fingerprint density at radius 3 is 2.17 bits per heavy atom. The number of rotatable bonds is 4. The lowest BCUT2D eigenvalue weighted by molar-refractivity contribution is 0.118. The lowest BCUT2D eigenvalue weighted by Gasteiger charge is -2.40. The Hall–Kier alpha value is -1.12. The van der Waals surface area contributed by atoms with Gasteiger partial charge in [-0.15, -0.1) is 0 Å². The average Bonchev–Trinajstić information content (AvgIpc) is 3.02. The second-order valence-electron chi connectivity index (χ2n) is 7.65. The summed E-state index contributed by atoms with van der Waals surface area (Å²) in [5.74, 6) is 0. The van der Waals surface area contributed by atoms with Gasteiger partial charge in [-0.1, -0.05) is 42.3 Å². The predicted octanol–water partition coefficient (Wildman–Crippen LogP) is 4.31. The highest BCUT2D eigenvalue weighted by Crippen LogP contribution is 2.29. The van der Waals surface area contributed by atoms with Gasteiger partial charge < -0.3 is 0 Å². The van der Waals surface area contributed by atoms with Gasteiger partial charge in [-0.2, -0.15) is 0 Å². The molecule has 1 saturated carbocycles. The first-order valence-electron chi connectivity index (χ1n) is 9.62. The van der Waals surface area contributed by atoms with Gasteiger partial charge in [0.05, 0.1) is 0 Å². The highest BCUT2D eigenvalue weighted by Gasteiger charge is 2.26. The normalized spacial score (nSPS) is 23.9. The van der Waals surface area contributed by atoms with Crippen molar-refractivity contribution in [3.8, 4) is 0 Å². The van der Waals surface area contributed by atoms with Crippen LogP contribution in [0.15, 0.2) is 29.8 Å². The van der Waals surface area contributed by atoms with Crippen molar-refractivity contribution < 1.29 is 0 Å². The quantitative estimate of drug-likeness (QED) is 0.817. The van der Waals surface area contributed by atoms with E-state index in [0.29, 0.717) is 0 Å². The lowest BCUT2D eigenvalue weighted by atomic mass is 9.89. The van der Waals surface area contributed by atoms with Crippen LogP contribution >= 0.6 is 0 Å². The third-order valence-corrected chi connectivity index (χ3v) is 5.99. The lowest BCUT2D eigenvalue weighted by Crippen LogP contribution is -2.43. The van der Waals surface area contributed by atoms with E-state index in [-0.39, 0.29) is 0 Å². The molecule has 1 aromatic rings. The minimum atomic E-state index is 0.918. The molecule has 0 amide bonds. The number of piperidine rings is 1. The summed E-state index contributed by atoms with van der Waals surface area (Å²) in [7, 11) is 0. The molecule has 0 N–H and O–H groups in total. The summed E-state index contributed by atoms with van der Waals surface area (Å²) in [5, 5.41) is 0. The molecule has 1 aliphatic carbocycles. The number of likely N-dealkylation sites (tertiary alicyclic amines) is 2. The molecule has 1 aromatic carbocycles. The molecule has 2 nitrogen and oxygen atoms in total. The second kappa shape index (κ2) is 7.19. The molecular formula is C21H30N2. The highest BCUT2D eigenvalue weighted by molar-refractivity contribution is 5.53. The first-order chi connectivity index (χ1) is 11.4. The van der Waals surface area contributed by atoms with Crippen LogP contribution in [0.2, 0.25) is 0 Å². The topological polar surface area (TPSA) is 6.48 Å². The van der Waals surface area contributed by atoms with Crippen molar-refractivity contribution in [1.29, 1.82) is 0 Å².